The smallest absolute Gasteiger partial charge is 0.0825 e. The maximum Gasteiger partial charge on any atom is 0.0825 e. The van der Waals surface area contributed by atoms with Crippen LogP contribution in [0.2, 0.25) is 0 Å². The van der Waals surface area contributed by atoms with Gasteiger partial charge >= 0.3 is 0 Å². The highest BCUT2D eigenvalue weighted by atomic mass is 16.5. The molecular formula is C21H32O2. The van der Waals surface area contributed by atoms with Gasteiger partial charge in [0.05, 0.1) is 18.8 Å². The van der Waals surface area contributed by atoms with Gasteiger partial charge in [-0.2, -0.15) is 0 Å². The first kappa shape index (κ1) is 17.0. The first-order valence-corrected chi connectivity index (χ1v) is 9.54. The van der Waals surface area contributed by atoms with Crippen LogP contribution in [-0.2, 0) is 9.47 Å². The van der Waals surface area contributed by atoms with Crippen LogP contribution in [0.5, 0.6) is 0 Å². The molecule has 1 saturated heterocycles. The van der Waals surface area contributed by atoms with E-state index in [4.69, 9.17) is 9.47 Å². The molecule has 2 heteroatoms. The summed E-state index contributed by atoms with van der Waals surface area (Å²) < 4.78 is 11.6. The van der Waals surface area contributed by atoms with Crippen LogP contribution in [0.1, 0.15) is 81.4 Å². The fourth-order valence-corrected chi connectivity index (χ4v) is 4.32. The van der Waals surface area contributed by atoms with Gasteiger partial charge in [0.1, 0.15) is 0 Å². The van der Waals surface area contributed by atoms with Crippen LogP contribution in [0, 0.1) is 5.92 Å². The topological polar surface area (TPSA) is 18.5 Å². The van der Waals surface area contributed by atoms with Crippen molar-refractivity contribution in [1.82, 2.24) is 0 Å². The number of hydrogen-bond donors (Lipinski definition) is 0. The Hall–Kier alpha value is -0.860. The minimum absolute atomic E-state index is 0.321. The minimum Gasteiger partial charge on any atom is -0.381 e. The predicted octanol–water partition coefficient (Wildman–Crippen LogP) is 5.63. The van der Waals surface area contributed by atoms with Crippen LogP contribution in [-0.4, -0.2) is 19.8 Å². The third kappa shape index (κ3) is 4.36. The Morgan fingerprint density at radius 2 is 1.65 bits per heavy atom. The van der Waals surface area contributed by atoms with Gasteiger partial charge in [-0.25, -0.2) is 0 Å². The molecule has 0 spiro atoms. The summed E-state index contributed by atoms with van der Waals surface area (Å²) in [5, 5.41) is 0. The van der Waals surface area contributed by atoms with Crippen molar-refractivity contribution in [2.24, 2.45) is 5.92 Å². The van der Waals surface area contributed by atoms with E-state index in [2.05, 4.69) is 31.2 Å². The molecule has 1 aromatic rings. The lowest BCUT2D eigenvalue weighted by molar-refractivity contribution is -0.0194. The van der Waals surface area contributed by atoms with Gasteiger partial charge < -0.3 is 9.47 Å². The second kappa shape index (κ2) is 8.30. The van der Waals surface area contributed by atoms with Crippen LogP contribution < -0.4 is 0 Å². The first-order chi connectivity index (χ1) is 11.3. The molecule has 0 N–H and O–H groups in total. The zero-order chi connectivity index (χ0) is 16.1. The van der Waals surface area contributed by atoms with Crippen molar-refractivity contribution in [3.05, 3.63) is 35.4 Å². The Bertz CT molecular complexity index is 451. The number of methoxy groups -OCH3 is 1. The molecule has 0 aromatic heterocycles. The normalized spacial score (nSPS) is 31.9. The molecule has 2 fully saturated rings. The van der Waals surface area contributed by atoms with Crippen LogP contribution in [0.3, 0.4) is 0 Å². The highest BCUT2D eigenvalue weighted by Gasteiger charge is 2.24. The lowest BCUT2D eigenvalue weighted by Gasteiger charge is -2.30. The molecule has 3 rings (SSSR count). The zero-order valence-corrected chi connectivity index (χ0v) is 14.8. The molecule has 1 heterocycles. The molecule has 0 radical (unpaired) electrons. The number of rotatable bonds is 5. The molecule has 2 atom stereocenters. The van der Waals surface area contributed by atoms with Gasteiger partial charge in [-0.1, -0.05) is 37.6 Å². The summed E-state index contributed by atoms with van der Waals surface area (Å²) in [7, 11) is 1.84. The van der Waals surface area contributed by atoms with E-state index >= 15 is 0 Å². The van der Waals surface area contributed by atoms with E-state index in [1.807, 2.05) is 7.11 Å². The molecule has 0 amide bonds. The van der Waals surface area contributed by atoms with Gasteiger partial charge in [-0.3, -0.25) is 0 Å². The van der Waals surface area contributed by atoms with Gasteiger partial charge in [-0.15, -0.1) is 0 Å². The van der Waals surface area contributed by atoms with Crippen LogP contribution in [0.25, 0.3) is 0 Å². The van der Waals surface area contributed by atoms with E-state index in [-0.39, 0.29) is 0 Å². The van der Waals surface area contributed by atoms with Gasteiger partial charge in [0, 0.05) is 7.11 Å². The molecule has 1 aliphatic heterocycles. The van der Waals surface area contributed by atoms with E-state index < -0.39 is 0 Å². The predicted molar refractivity (Wildman–Crippen MR) is 94.8 cm³/mol. The van der Waals surface area contributed by atoms with Crippen LogP contribution >= 0.6 is 0 Å². The lowest BCUT2D eigenvalue weighted by atomic mass is 9.82. The standard InChI is InChI=1S/C21H32O2/c1-3-4-16-5-14-21(23-15-16)19-8-6-17(7-9-19)18-10-12-20(22-2)13-11-18/h6-9,16,18,20-21H,3-5,10-15H2,1-2H3. The Morgan fingerprint density at radius 3 is 2.22 bits per heavy atom. The summed E-state index contributed by atoms with van der Waals surface area (Å²) in [4.78, 5) is 0. The monoisotopic (exact) mass is 316 g/mol. The zero-order valence-electron chi connectivity index (χ0n) is 14.8. The summed E-state index contributed by atoms with van der Waals surface area (Å²) in [5.74, 6) is 1.50. The molecule has 2 aliphatic rings. The SMILES string of the molecule is CCCC1CCC(c2ccc(C3CCC(OC)CC3)cc2)OC1. The molecular weight excluding hydrogens is 284 g/mol. The molecule has 2 unspecified atom stereocenters. The Morgan fingerprint density at radius 1 is 0.957 bits per heavy atom. The highest BCUT2D eigenvalue weighted by Crippen LogP contribution is 2.36. The van der Waals surface area contributed by atoms with Crippen molar-refractivity contribution < 1.29 is 9.47 Å². The van der Waals surface area contributed by atoms with E-state index in [9.17, 15) is 0 Å². The van der Waals surface area contributed by atoms with Gasteiger partial charge in [0.25, 0.3) is 0 Å². The summed E-state index contributed by atoms with van der Waals surface area (Å²) in [6, 6.07) is 9.30. The molecule has 1 aliphatic carbocycles. The van der Waals surface area contributed by atoms with Crippen molar-refractivity contribution in [1.29, 1.82) is 0 Å². The molecule has 23 heavy (non-hydrogen) atoms. The fraction of sp³-hybridized carbons (Fsp3) is 0.714. The molecule has 2 nitrogen and oxygen atoms in total. The minimum atomic E-state index is 0.321. The molecule has 128 valence electrons. The second-order valence-electron chi connectivity index (χ2n) is 7.43. The highest BCUT2D eigenvalue weighted by molar-refractivity contribution is 5.27. The molecule has 1 saturated carbocycles. The van der Waals surface area contributed by atoms with Crippen LogP contribution in [0.4, 0.5) is 0 Å². The average molecular weight is 316 g/mol. The van der Waals surface area contributed by atoms with Crippen molar-refractivity contribution >= 4 is 0 Å². The van der Waals surface area contributed by atoms with Crippen molar-refractivity contribution in [2.75, 3.05) is 13.7 Å². The summed E-state index contributed by atoms with van der Waals surface area (Å²) in [6.45, 7) is 3.21. The first-order valence-electron chi connectivity index (χ1n) is 9.54. The number of benzene rings is 1. The van der Waals surface area contributed by atoms with Gasteiger partial charge in [-0.05, 0) is 67.9 Å². The van der Waals surface area contributed by atoms with Crippen molar-refractivity contribution in [3.8, 4) is 0 Å². The number of ether oxygens (including phenoxy) is 2. The second-order valence-corrected chi connectivity index (χ2v) is 7.43. The quantitative estimate of drug-likeness (QED) is 0.701. The van der Waals surface area contributed by atoms with E-state index in [0.717, 1.165) is 18.4 Å². The maximum absolute atomic E-state index is 6.13. The van der Waals surface area contributed by atoms with Gasteiger partial charge in [0.15, 0.2) is 0 Å². The summed E-state index contributed by atoms with van der Waals surface area (Å²) in [6.07, 6.45) is 10.8. The lowest BCUT2D eigenvalue weighted by Crippen LogP contribution is -2.21. The average Bonchev–Trinajstić information content (AvgIpc) is 2.63. The largest absolute Gasteiger partial charge is 0.381 e. The Labute approximate surface area is 141 Å². The Balaban J connectivity index is 1.53. The Kier molecular flexibility index (Phi) is 6.13. The van der Waals surface area contributed by atoms with E-state index in [0.29, 0.717) is 12.2 Å². The van der Waals surface area contributed by atoms with E-state index in [1.54, 1.807) is 0 Å². The summed E-state index contributed by atoms with van der Waals surface area (Å²) >= 11 is 0. The van der Waals surface area contributed by atoms with Crippen LogP contribution in [0.15, 0.2) is 24.3 Å². The van der Waals surface area contributed by atoms with Crippen molar-refractivity contribution in [3.63, 3.8) is 0 Å². The molecule has 1 aromatic carbocycles. The maximum atomic E-state index is 6.13. The van der Waals surface area contributed by atoms with Crippen molar-refractivity contribution in [2.45, 2.75) is 76.4 Å². The fourth-order valence-electron chi connectivity index (χ4n) is 4.32. The third-order valence-electron chi connectivity index (χ3n) is 5.85. The summed E-state index contributed by atoms with van der Waals surface area (Å²) in [5.41, 5.74) is 2.87. The van der Waals surface area contributed by atoms with Gasteiger partial charge in [0.2, 0.25) is 0 Å². The number of hydrogen-bond acceptors (Lipinski definition) is 2. The third-order valence-corrected chi connectivity index (χ3v) is 5.85. The van der Waals surface area contributed by atoms with E-state index in [1.165, 1.54) is 62.5 Å². The molecule has 0 bridgehead atoms.